The number of anilines is 1. The summed E-state index contributed by atoms with van der Waals surface area (Å²) in [7, 11) is 0. The number of carbonyl (C=O) groups is 2. The second-order valence-corrected chi connectivity index (χ2v) is 6.94. The SMILES string of the molecule is CC(=O)N(CCNC(=O)Cc1ccccc1C)c1c(C)cc(C)cc1Cl. The Kier molecular flexibility index (Phi) is 6.81. The summed E-state index contributed by atoms with van der Waals surface area (Å²) < 4.78 is 0. The molecule has 0 aromatic heterocycles. The summed E-state index contributed by atoms with van der Waals surface area (Å²) in [4.78, 5) is 25.9. The third kappa shape index (κ3) is 5.09. The van der Waals surface area contributed by atoms with Crippen LogP contribution in [-0.4, -0.2) is 24.9 Å². The molecule has 0 saturated carbocycles. The first kappa shape index (κ1) is 20.0. The van der Waals surface area contributed by atoms with Crippen LogP contribution in [0.25, 0.3) is 0 Å². The van der Waals surface area contributed by atoms with Crippen LogP contribution in [0.1, 0.15) is 29.2 Å². The van der Waals surface area contributed by atoms with Gasteiger partial charge >= 0.3 is 0 Å². The summed E-state index contributed by atoms with van der Waals surface area (Å²) in [6.45, 7) is 8.13. The second-order valence-electron chi connectivity index (χ2n) is 6.54. The van der Waals surface area contributed by atoms with Gasteiger partial charge in [0.2, 0.25) is 11.8 Å². The Morgan fingerprint density at radius 1 is 1.08 bits per heavy atom. The number of aryl methyl sites for hydroxylation is 3. The average molecular weight is 373 g/mol. The summed E-state index contributed by atoms with van der Waals surface area (Å²) in [5.74, 6) is -0.165. The van der Waals surface area contributed by atoms with Gasteiger partial charge in [-0.1, -0.05) is 41.9 Å². The minimum absolute atomic E-state index is 0.0606. The maximum atomic E-state index is 12.2. The van der Waals surface area contributed by atoms with Crippen LogP contribution in [0.5, 0.6) is 0 Å². The largest absolute Gasteiger partial charge is 0.354 e. The summed E-state index contributed by atoms with van der Waals surface area (Å²) in [5.41, 5.74) is 4.79. The van der Waals surface area contributed by atoms with Crippen LogP contribution < -0.4 is 10.2 Å². The number of hydrogen-bond acceptors (Lipinski definition) is 2. The van der Waals surface area contributed by atoms with E-state index in [-0.39, 0.29) is 11.8 Å². The summed E-state index contributed by atoms with van der Waals surface area (Å²) in [6.07, 6.45) is 0.330. The smallest absolute Gasteiger partial charge is 0.224 e. The summed E-state index contributed by atoms with van der Waals surface area (Å²) in [6, 6.07) is 11.7. The normalized spacial score (nSPS) is 10.5. The fraction of sp³-hybridized carbons (Fsp3) is 0.333. The van der Waals surface area contributed by atoms with E-state index in [4.69, 9.17) is 11.6 Å². The van der Waals surface area contributed by atoms with Gasteiger partial charge in [0.15, 0.2) is 0 Å². The van der Waals surface area contributed by atoms with E-state index in [0.29, 0.717) is 30.2 Å². The van der Waals surface area contributed by atoms with E-state index in [2.05, 4.69) is 5.32 Å². The highest BCUT2D eigenvalue weighted by atomic mass is 35.5. The van der Waals surface area contributed by atoms with Crippen molar-refractivity contribution in [3.05, 3.63) is 63.7 Å². The van der Waals surface area contributed by atoms with Crippen LogP contribution in [0.4, 0.5) is 5.69 Å². The molecule has 2 aromatic carbocycles. The Morgan fingerprint density at radius 2 is 1.77 bits per heavy atom. The van der Waals surface area contributed by atoms with Crippen LogP contribution in [0.15, 0.2) is 36.4 Å². The van der Waals surface area contributed by atoms with E-state index in [1.54, 1.807) is 4.90 Å². The minimum atomic E-state index is -0.105. The summed E-state index contributed by atoms with van der Waals surface area (Å²) >= 11 is 6.36. The molecule has 0 radical (unpaired) electrons. The monoisotopic (exact) mass is 372 g/mol. The van der Waals surface area contributed by atoms with Gasteiger partial charge in [-0.25, -0.2) is 0 Å². The van der Waals surface area contributed by atoms with Crippen LogP contribution >= 0.6 is 11.6 Å². The lowest BCUT2D eigenvalue weighted by Crippen LogP contribution is -2.38. The standard InChI is InChI=1S/C21H25ClN2O2/c1-14-11-16(3)21(19(22)12-14)24(17(4)25)10-9-23-20(26)13-18-8-6-5-7-15(18)2/h5-8,11-12H,9-10,13H2,1-4H3,(H,23,26). The molecule has 0 aliphatic heterocycles. The molecule has 5 heteroatoms. The van der Waals surface area contributed by atoms with Gasteiger partial charge in [-0.05, 0) is 49.1 Å². The zero-order valence-electron chi connectivity index (χ0n) is 15.7. The predicted octanol–water partition coefficient (Wildman–Crippen LogP) is 3.98. The van der Waals surface area contributed by atoms with Crippen molar-refractivity contribution in [3.8, 4) is 0 Å². The third-order valence-corrected chi connectivity index (χ3v) is 4.61. The zero-order valence-corrected chi connectivity index (χ0v) is 16.5. The maximum Gasteiger partial charge on any atom is 0.224 e. The fourth-order valence-corrected chi connectivity index (χ4v) is 3.45. The van der Waals surface area contributed by atoms with Crippen molar-refractivity contribution in [2.24, 2.45) is 0 Å². The van der Waals surface area contributed by atoms with Crippen molar-refractivity contribution < 1.29 is 9.59 Å². The molecule has 1 N–H and O–H groups in total. The molecule has 4 nitrogen and oxygen atoms in total. The van der Waals surface area contributed by atoms with Gasteiger partial charge in [0.05, 0.1) is 17.1 Å². The van der Waals surface area contributed by atoms with Crippen LogP contribution in [-0.2, 0) is 16.0 Å². The fourth-order valence-electron chi connectivity index (χ4n) is 3.03. The lowest BCUT2D eigenvalue weighted by Gasteiger charge is -2.25. The number of nitrogens with one attached hydrogen (secondary N) is 1. The van der Waals surface area contributed by atoms with Crippen molar-refractivity contribution in [2.45, 2.75) is 34.1 Å². The molecule has 0 atom stereocenters. The molecular formula is C21H25ClN2O2. The lowest BCUT2D eigenvalue weighted by atomic mass is 10.1. The van der Waals surface area contributed by atoms with E-state index < -0.39 is 0 Å². The molecule has 0 aliphatic carbocycles. The first-order valence-electron chi connectivity index (χ1n) is 8.65. The van der Waals surface area contributed by atoms with Gasteiger partial charge in [-0.2, -0.15) is 0 Å². The van der Waals surface area contributed by atoms with Gasteiger partial charge in [-0.3, -0.25) is 9.59 Å². The van der Waals surface area contributed by atoms with E-state index in [9.17, 15) is 9.59 Å². The van der Waals surface area contributed by atoms with Crippen LogP contribution in [0.3, 0.4) is 0 Å². The Bertz CT molecular complexity index is 794. The van der Waals surface area contributed by atoms with E-state index in [0.717, 1.165) is 22.3 Å². The van der Waals surface area contributed by atoms with Gasteiger partial charge in [-0.15, -0.1) is 0 Å². The minimum Gasteiger partial charge on any atom is -0.354 e. The maximum absolute atomic E-state index is 12.2. The average Bonchev–Trinajstić information content (AvgIpc) is 2.54. The number of nitrogens with zero attached hydrogens (tertiary/aromatic N) is 1. The Balaban J connectivity index is 2.01. The summed E-state index contributed by atoms with van der Waals surface area (Å²) in [5, 5.41) is 3.43. The van der Waals surface area contributed by atoms with Crippen molar-refractivity contribution in [1.29, 1.82) is 0 Å². The number of halogens is 1. The van der Waals surface area contributed by atoms with Gasteiger partial charge in [0.1, 0.15) is 0 Å². The molecule has 2 aromatic rings. The molecule has 138 valence electrons. The number of carbonyl (C=O) groups excluding carboxylic acids is 2. The number of benzene rings is 2. The Hall–Kier alpha value is -2.33. The number of amides is 2. The molecule has 0 aliphatic rings. The van der Waals surface area contributed by atoms with Gasteiger partial charge in [0.25, 0.3) is 0 Å². The van der Waals surface area contributed by atoms with Crippen molar-refractivity contribution in [2.75, 3.05) is 18.0 Å². The van der Waals surface area contributed by atoms with Gasteiger partial charge in [0, 0.05) is 20.0 Å². The highest BCUT2D eigenvalue weighted by molar-refractivity contribution is 6.34. The molecule has 0 heterocycles. The van der Waals surface area contributed by atoms with E-state index in [1.807, 2.05) is 57.2 Å². The predicted molar refractivity (Wildman–Crippen MR) is 107 cm³/mol. The van der Waals surface area contributed by atoms with E-state index in [1.165, 1.54) is 6.92 Å². The first-order chi connectivity index (χ1) is 12.3. The molecule has 26 heavy (non-hydrogen) atoms. The van der Waals surface area contributed by atoms with Crippen LogP contribution in [0.2, 0.25) is 5.02 Å². The Labute approximate surface area is 160 Å². The molecule has 0 spiro atoms. The van der Waals surface area contributed by atoms with Crippen LogP contribution in [0, 0.1) is 20.8 Å². The molecule has 0 fully saturated rings. The molecular weight excluding hydrogens is 348 g/mol. The van der Waals surface area contributed by atoms with Crippen molar-refractivity contribution in [1.82, 2.24) is 5.32 Å². The topological polar surface area (TPSA) is 49.4 Å². The molecule has 0 saturated heterocycles. The van der Waals surface area contributed by atoms with Crippen molar-refractivity contribution >= 4 is 29.1 Å². The second kappa shape index (κ2) is 8.86. The molecule has 0 unspecified atom stereocenters. The quantitative estimate of drug-likeness (QED) is 0.833. The molecule has 2 rings (SSSR count). The third-order valence-electron chi connectivity index (χ3n) is 4.32. The molecule has 2 amide bonds. The zero-order chi connectivity index (χ0) is 19.3. The Morgan fingerprint density at radius 3 is 2.38 bits per heavy atom. The van der Waals surface area contributed by atoms with E-state index >= 15 is 0 Å². The van der Waals surface area contributed by atoms with Crippen molar-refractivity contribution in [3.63, 3.8) is 0 Å². The lowest BCUT2D eigenvalue weighted by molar-refractivity contribution is -0.121. The number of rotatable bonds is 6. The first-order valence-corrected chi connectivity index (χ1v) is 9.03. The highest BCUT2D eigenvalue weighted by Gasteiger charge is 2.18. The van der Waals surface area contributed by atoms with Gasteiger partial charge < -0.3 is 10.2 Å². The number of hydrogen-bond donors (Lipinski definition) is 1. The highest BCUT2D eigenvalue weighted by Crippen LogP contribution is 2.31. The molecule has 0 bridgehead atoms.